The third-order valence-electron chi connectivity index (χ3n) is 4.41. The number of hydrazone groups is 1. The first-order valence-corrected chi connectivity index (χ1v) is 8.19. The minimum atomic E-state index is -0.209. The second-order valence-corrected chi connectivity index (χ2v) is 6.10. The number of carbonyl (C=O) groups excluding carboxylic acids is 1. The highest BCUT2D eigenvalue weighted by molar-refractivity contribution is 6.03. The van der Waals surface area contributed by atoms with E-state index in [0.717, 1.165) is 28.3 Å². The van der Waals surface area contributed by atoms with Crippen LogP contribution in [0.2, 0.25) is 0 Å². The van der Waals surface area contributed by atoms with Crippen molar-refractivity contribution in [2.75, 3.05) is 14.2 Å². The second kappa shape index (κ2) is 6.97. The number of hydrogen-bond acceptors (Lipinski definition) is 4. The second-order valence-electron chi connectivity index (χ2n) is 6.10. The largest absolute Gasteiger partial charge is 0.497 e. The third kappa shape index (κ3) is 3.36. The third-order valence-corrected chi connectivity index (χ3v) is 4.41. The van der Waals surface area contributed by atoms with E-state index in [1.807, 2.05) is 37.3 Å². The highest BCUT2D eigenvalue weighted by atomic mass is 16.5. The van der Waals surface area contributed by atoms with Crippen molar-refractivity contribution < 1.29 is 14.3 Å². The summed E-state index contributed by atoms with van der Waals surface area (Å²) in [6.07, 6.45) is 0.631. The van der Waals surface area contributed by atoms with Crippen molar-refractivity contribution in [2.45, 2.75) is 26.3 Å². The van der Waals surface area contributed by atoms with Gasteiger partial charge < -0.3 is 9.47 Å². The van der Waals surface area contributed by atoms with E-state index in [1.165, 1.54) is 17.5 Å². The molecule has 0 N–H and O–H groups in total. The van der Waals surface area contributed by atoms with Gasteiger partial charge in [0, 0.05) is 18.9 Å². The van der Waals surface area contributed by atoms with Gasteiger partial charge in [0.05, 0.1) is 26.0 Å². The van der Waals surface area contributed by atoms with Crippen LogP contribution in [0, 0.1) is 6.92 Å². The van der Waals surface area contributed by atoms with Gasteiger partial charge in [-0.05, 0) is 30.7 Å². The van der Waals surface area contributed by atoms with Crippen molar-refractivity contribution in [3.8, 4) is 11.5 Å². The average Bonchev–Trinajstić information content (AvgIpc) is 3.07. The van der Waals surface area contributed by atoms with Crippen LogP contribution in [0.4, 0.5) is 0 Å². The summed E-state index contributed by atoms with van der Waals surface area (Å²) in [5, 5.41) is 6.11. The molecule has 3 rings (SSSR count). The zero-order valence-electron chi connectivity index (χ0n) is 14.9. The van der Waals surface area contributed by atoms with E-state index in [0.29, 0.717) is 6.42 Å². The number of methoxy groups -OCH3 is 2. The van der Waals surface area contributed by atoms with Crippen LogP contribution in [0.15, 0.2) is 47.6 Å². The van der Waals surface area contributed by atoms with E-state index >= 15 is 0 Å². The molecule has 0 aromatic heterocycles. The summed E-state index contributed by atoms with van der Waals surface area (Å²) in [5.41, 5.74) is 4.01. The summed E-state index contributed by atoms with van der Waals surface area (Å²) in [7, 11) is 3.25. The fourth-order valence-corrected chi connectivity index (χ4v) is 3.06. The van der Waals surface area contributed by atoms with Gasteiger partial charge in [-0.3, -0.25) is 4.79 Å². The molecule has 0 saturated heterocycles. The molecule has 5 heteroatoms. The van der Waals surface area contributed by atoms with Crippen LogP contribution in [-0.4, -0.2) is 30.8 Å². The van der Waals surface area contributed by atoms with Gasteiger partial charge in [0.15, 0.2) is 0 Å². The lowest BCUT2D eigenvalue weighted by molar-refractivity contribution is -0.130. The predicted molar refractivity (Wildman–Crippen MR) is 97.1 cm³/mol. The van der Waals surface area contributed by atoms with Gasteiger partial charge in [0.2, 0.25) is 5.91 Å². The van der Waals surface area contributed by atoms with Crippen LogP contribution in [0.1, 0.15) is 36.1 Å². The van der Waals surface area contributed by atoms with E-state index in [-0.39, 0.29) is 11.9 Å². The Hall–Kier alpha value is -2.82. The smallest absolute Gasteiger partial charge is 0.240 e. The molecule has 0 unspecified atom stereocenters. The molecule has 0 bridgehead atoms. The zero-order valence-corrected chi connectivity index (χ0v) is 14.9. The molecule has 0 aliphatic carbocycles. The highest BCUT2D eigenvalue weighted by Crippen LogP contribution is 2.39. The molecule has 2 aromatic rings. The Morgan fingerprint density at radius 1 is 1.12 bits per heavy atom. The summed E-state index contributed by atoms with van der Waals surface area (Å²) in [5.74, 6) is 1.34. The molecule has 1 amide bonds. The Labute approximate surface area is 147 Å². The van der Waals surface area contributed by atoms with E-state index in [9.17, 15) is 4.79 Å². The van der Waals surface area contributed by atoms with E-state index in [2.05, 4.69) is 17.2 Å². The van der Waals surface area contributed by atoms with Crippen molar-refractivity contribution in [1.29, 1.82) is 0 Å². The predicted octanol–water partition coefficient (Wildman–Crippen LogP) is 3.71. The number of aryl methyl sites for hydroxylation is 1. The Morgan fingerprint density at radius 3 is 2.44 bits per heavy atom. The minimum Gasteiger partial charge on any atom is -0.497 e. The average molecular weight is 338 g/mol. The van der Waals surface area contributed by atoms with Crippen LogP contribution < -0.4 is 9.47 Å². The molecular formula is C20H22N2O3. The number of ether oxygens (including phenoxy) is 2. The van der Waals surface area contributed by atoms with Crippen LogP contribution in [0.5, 0.6) is 11.5 Å². The molecule has 5 nitrogen and oxygen atoms in total. The Morgan fingerprint density at radius 2 is 1.84 bits per heavy atom. The van der Waals surface area contributed by atoms with Gasteiger partial charge in [-0.15, -0.1) is 0 Å². The molecular weight excluding hydrogens is 316 g/mol. The Bertz CT molecular complexity index is 812. The topological polar surface area (TPSA) is 51.1 Å². The van der Waals surface area contributed by atoms with Crippen LogP contribution in [0.3, 0.4) is 0 Å². The first kappa shape index (κ1) is 17.0. The van der Waals surface area contributed by atoms with Crippen molar-refractivity contribution >= 4 is 11.6 Å². The minimum absolute atomic E-state index is 0.100. The fraction of sp³-hybridized carbons (Fsp3) is 0.300. The standard InChI is InChI=1S/C20H22N2O3/c1-13-5-7-15(8-6-13)18-12-19(22(21-18)14(2)23)17-11-16(24-3)9-10-20(17)25-4/h5-11,19H,12H2,1-4H3/t19-/m1/s1. The SMILES string of the molecule is COc1ccc(OC)c([C@H]2CC(c3ccc(C)cc3)=NN2C(C)=O)c1. The molecule has 25 heavy (non-hydrogen) atoms. The lowest BCUT2D eigenvalue weighted by atomic mass is 9.97. The van der Waals surface area contributed by atoms with Crippen molar-refractivity contribution in [3.05, 3.63) is 59.2 Å². The summed E-state index contributed by atoms with van der Waals surface area (Å²) in [6, 6.07) is 13.6. The molecule has 1 aliphatic rings. The first-order chi connectivity index (χ1) is 12.0. The molecule has 1 atom stereocenters. The summed E-state index contributed by atoms with van der Waals surface area (Å²) in [4.78, 5) is 12.2. The van der Waals surface area contributed by atoms with Crippen LogP contribution >= 0.6 is 0 Å². The number of rotatable bonds is 4. The number of hydrogen-bond donors (Lipinski definition) is 0. The first-order valence-electron chi connectivity index (χ1n) is 8.19. The lowest BCUT2D eigenvalue weighted by Crippen LogP contribution is -2.24. The molecule has 2 aromatic carbocycles. The van der Waals surface area contributed by atoms with Gasteiger partial charge in [0.25, 0.3) is 0 Å². The molecule has 0 fully saturated rings. The van der Waals surface area contributed by atoms with E-state index < -0.39 is 0 Å². The van der Waals surface area contributed by atoms with E-state index in [1.54, 1.807) is 14.2 Å². The maximum atomic E-state index is 12.2. The van der Waals surface area contributed by atoms with Gasteiger partial charge in [-0.2, -0.15) is 5.10 Å². The Kier molecular flexibility index (Phi) is 4.74. The normalized spacial score (nSPS) is 16.6. The summed E-state index contributed by atoms with van der Waals surface area (Å²) in [6.45, 7) is 3.58. The fourth-order valence-electron chi connectivity index (χ4n) is 3.06. The molecule has 130 valence electrons. The lowest BCUT2D eigenvalue weighted by Gasteiger charge is -2.22. The molecule has 0 radical (unpaired) electrons. The van der Waals surface area contributed by atoms with Gasteiger partial charge >= 0.3 is 0 Å². The van der Waals surface area contributed by atoms with Crippen LogP contribution in [-0.2, 0) is 4.79 Å². The van der Waals surface area contributed by atoms with Crippen molar-refractivity contribution in [2.24, 2.45) is 5.10 Å². The number of carbonyl (C=O) groups is 1. The number of nitrogens with zero attached hydrogens (tertiary/aromatic N) is 2. The zero-order chi connectivity index (χ0) is 18.0. The Balaban J connectivity index is 2.00. The van der Waals surface area contributed by atoms with Crippen molar-refractivity contribution in [3.63, 3.8) is 0 Å². The number of benzene rings is 2. The maximum absolute atomic E-state index is 12.2. The maximum Gasteiger partial charge on any atom is 0.240 e. The van der Waals surface area contributed by atoms with Gasteiger partial charge in [0.1, 0.15) is 11.5 Å². The monoisotopic (exact) mass is 338 g/mol. The highest BCUT2D eigenvalue weighted by Gasteiger charge is 2.33. The van der Waals surface area contributed by atoms with Gasteiger partial charge in [-0.25, -0.2) is 5.01 Å². The molecule has 1 aliphatic heterocycles. The summed E-state index contributed by atoms with van der Waals surface area (Å²) >= 11 is 0. The van der Waals surface area contributed by atoms with Gasteiger partial charge in [-0.1, -0.05) is 29.8 Å². The van der Waals surface area contributed by atoms with Crippen LogP contribution in [0.25, 0.3) is 0 Å². The van der Waals surface area contributed by atoms with E-state index in [4.69, 9.17) is 9.47 Å². The molecule has 1 heterocycles. The van der Waals surface area contributed by atoms with Crippen molar-refractivity contribution in [1.82, 2.24) is 5.01 Å². The quantitative estimate of drug-likeness (QED) is 0.854. The number of amides is 1. The molecule has 0 spiro atoms. The molecule has 0 saturated carbocycles. The summed E-state index contributed by atoms with van der Waals surface area (Å²) < 4.78 is 10.8.